The van der Waals surface area contributed by atoms with Crippen molar-refractivity contribution in [1.82, 2.24) is 0 Å². The van der Waals surface area contributed by atoms with E-state index in [2.05, 4.69) is 24.8 Å². The van der Waals surface area contributed by atoms with Crippen LogP contribution in [0.5, 0.6) is 0 Å². The van der Waals surface area contributed by atoms with Crippen LogP contribution in [0.1, 0.15) is 80.6 Å². The number of methoxy groups -OCH3 is 1. The second-order valence-electron chi connectivity index (χ2n) is 12.4. The van der Waals surface area contributed by atoms with Gasteiger partial charge in [-0.05, 0) is 89.0 Å². The quantitative estimate of drug-likeness (QED) is 0.315. The van der Waals surface area contributed by atoms with Crippen molar-refractivity contribution in [2.75, 3.05) is 59.6 Å². The lowest BCUT2D eigenvalue weighted by atomic mass is 9.98. The first-order valence-electron chi connectivity index (χ1n) is 17.0. The molecule has 3 unspecified atom stereocenters. The Bertz CT molecular complexity index is 1060. The van der Waals surface area contributed by atoms with Crippen LogP contribution in [0.2, 0.25) is 0 Å². The zero-order chi connectivity index (χ0) is 35.9. The lowest BCUT2D eigenvalue weighted by Gasteiger charge is -2.20. The van der Waals surface area contributed by atoms with Crippen LogP contribution in [0.25, 0.3) is 0 Å². The van der Waals surface area contributed by atoms with Gasteiger partial charge >= 0.3 is 0 Å². The van der Waals surface area contributed by atoms with E-state index in [4.69, 9.17) is 28.8 Å². The average molecular weight is 687 g/mol. The van der Waals surface area contributed by atoms with Crippen LogP contribution in [0.15, 0.2) is 59.5 Å². The Balaban J connectivity index is 0.000000596. The minimum absolute atomic E-state index is 0.0542. The van der Waals surface area contributed by atoms with Gasteiger partial charge in [0.2, 0.25) is 0 Å². The fourth-order valence-corrected chi connectivity index (χ4v) is 6.63. The molecule has 47 heavy (non-hydrogen) atoms. The SMILES string of the molecule is C=C1COC(CCCO)C1.C=C1COCC[C@H]1C.CC.CC1COC(C)(C)O1.COC.C[C@@H]1OCCC1CS(=O)(=O)c1ccccc1. The van der Waals surface area contributed by atoms with Gasteiger partial charge in [-0.25, -0.2) is 8.42 Å². The summed E-state index contributed by atoms with van der Waals surface area (Å²) in [4.78, 5) is 0.411. The number of benzene rings is 1. The molecule has 0 spiro atoms. The Hall–Kier alpha value is -1.63. The molecule has 4 aliphatic heterocycles. The number of hydrogen-bond acceptors (Lipinski definition) is 9. The van der Waals surface area contributed by atoms with Gasteiger partial charge in [-0.15, -0.1) is 0 Å². The number of ether oxygens (including phenoxy) is 6. The second-order valence-corrected chi connectivity index (χ2v) is 14.5. The second kappa shape index (κ2) is 25.4. The molecular formula is C37H66O9S. The van der Waals surface area contributed by atoms with Crippen LogP contribution < -0.4 is 0 Å². The van der Waals surface area contributed by atoms with Crippen LogP contribution in [0.3, 0.4) is 0 Å². The smallest absolute Gasteiger partial charge is 0.178 e. The highest BCUT2D eigenvalue weighted by atomic mass is 32.2. The van der Waals surface area contributed by atoms with E-state index in [9.17, 15) is 8.42 Å². The van der Waals surface area contributed by atoms with Crippen LogP contribution in [0.4, 0.5) is 0 Å². The van der Waals surface area contributed by atoms with Gasteiger partial charge in [0.05, 0.1) is 48.8 Å². The van der Waals surface area contributed by atoms with E-state index in [1.54, 1.807) is 38.5 Å². The van der Waals surface area contributed by atoms with Gasteiger partial charge in [0.15, 0.2) is 15.6 Å². The van der Waals surface area contributed by atoms with Crippen LogP contribution in [-0.2, 0) is 38.3 Å². The summed E-state index contributed by atoms with van der Waals surface area (Å²) in [6.07, 6.45) is 5.45. The molecule has 1 aromatic carbocycles. The minimum atomic E-state index is -3.16. The Morgan fingerprint density at radius 3 is 2.00 bits per heavy atom. The third kappa shape index (κ3) is 20.5. The number of rotatable bonds is 6. The summed E-state index contributed by atoms with van der Waals surface area (Å²) in [6.45, 7) is 25.8. The van der Waals surface area contributed by atoms with Gasteiger partial charge in [0.25, 0.3) is 0 Å². The molecule has 0 aliphatic carbocycles. The molecule has 0 bridgehead atoms. The summed E-state index contributed by atoms with van der Waals surface area (Å²) < 4.78 is 54.9. The zero-order valence-corrected chi connectivity index (χ0v) is 31.6. The summed E-state index contributed by atoms with van der Waals surface area (Å²) >= 11 is 0. The van der Waals surface area contributed by atoms with E-state index in [-0.39, 0.29) is 36.3 Å². The monoisotopic (exact) mass is 686 g/mol. The first-order chi connectivity index (χ1) is 22.2. The summed E-state index contributed by atoms with van der Waals surface area (Å²) in [6, 6.07) is 8.62. The van der Waals surface area contributed by atoms with Crippen molar-refractivity contribution in [3.8, 4) is 0 Å². The standard InChI is InChI=1S/C12H16O3S.C8H14O2.C7H12O.C6H12O2.C2H6O.C2H6/c1-10-11(7-8-15-10)9-16(13,14)12-5-3-2-4-6-12;1-7-5-8(10-6-7)3-2-4-9;1-6-3-4-8-5-7(6)2;1-5-4-7-6(2,3)8-5;1-3-2;1-2/h2-6,10-11H,7-9H2,1H3;8-9H,1-6H2;6H,2-5H2,1H3;5H,4H2,1-3H3;1-2H3;1-2H3/t10-,11?;;6-;;;/m0.1.../s1. The molecule has 1 N–H and O–H groups in total. The maximum atomic E-state index is 12.1. The Morgan fingerprint density at radius 2 is 1.62 bits per heavy atom. The first-order valence-corrected chi connectivity index (χ1v) is 18.7. The molecular weight excluding hydrogens is 620 g/mol. The first kappa shape index (κ1) is 45.4. The summed E-state index contributed by atoms with van der Waals surface area (Å²) in [5.74, 6) is 0.673. The maximum Gasteiger partial charge on any atom is 0.178 e. The Morgan fingerprint density at radius 1 is 0.979 bits per heavy atom. The average Bonchev–Trinajstić information content (AvgIpc) is 3.74. The molecule has 9 nitrogen and oxygen atoms in total. The number of aliphatic hydroxyl groups is 1. The molecule has 4 heterocycles. The van der Waals surface area contributed by atoms with E-state index in [0.29, 0.717) is 23.5 Å². The molecule has 0 radical (unpaired) electrons. The molecule has 4 aliphatic rings. The van der Waals surface area contributed by atoms with Crippen molar-refractivity contribution < 1.29 is 41.9 Å². The van der Waals surface area contributed by atoms with Gasteiger partial charge in [0.1, 0.15) is 0 Å². The minimum Gasteiger partial charge on any atom is -0.396 e. The zero-order valence-electron chi connectivity index (χ0n) is 30.8. The highest BCUT2D eigenvalue weighted by molar-refractivity contribution is 7.91. The highest BCUT2D eigenvalue weighted by Gasteiger charge is 2.30. The van der Waals surface area contributed by atoms with Crippen molar-refractivity contribution in [1.29, 1.82) is 0 Å². The van der Waals surface area contributed by atoms with E-state index >= 15 is 0 Å². The summed E-state index contributed by atoms with van der Waals surface area (Å²) in [5, 5.41) is 8.51. The van der Waals surface area contributed by atoms with Gasteiger partial charge < -0.3 is 33.5 Å². The number of aliphatic hydroxyl groups excluding tert-OH is 1. The third-order valence-corrected chi connectivity index (χ3v) is 9.48. The number of hydrogen-bond donors (Lipinski definition) is 1. The molecule has 0 saturated carbocycles. The van der Waals surface area contributed by atoms with Crippen molar-refractivity contribution in [3.63, 3.8) is 0 Å². The Kier molecular flexibility index (Phi) is 24.5. The maximum absolute atomic E-state index is 12.1. The van der Waals surface area contributed by atoms with Gasteiger partial charge in [-0.3, -0.25) is 0 Å². The lowest BCUT2D eigenvalue weighted by Crippen LogP contribution is -2.21. The molecule has 274 valence electrons. The largest absolute Gasteiger partial charge is 0.396 e. The number of sulfone groups is 1. The molecule has 5 rings (SSSR count). The topological polar surface area (TPSA) is 110 Å². The van der Waals surface area contributed by atoms with Crippen LogP contribution >= 0.6 is 0 Å². The fourth-order valence-electron chi connectivity index (χ4n) is 4.86. The third-order valence-electron chi connectivity index (χ3n) is 7.62. The molecule has 4 fully saturated rings. The molecule has 0 aromatic heterocycles. The normalized spacial score (nSPS) is 26.0. The van der Waals surface area contributed by atoms with E-state index in [0.717, 1.165) is 58.5 Å². The lowest BCUT2D eigenvalue weighted by molar-refractivity contribution is -0.136. The Labute approximate surface area is 286 Å². The van der Waals surface area contributed by atoms with Crippen LogP contribution in [-0.4, -0.2) is 97.2 Å². The molecule has 10 heteroatoms. The van der Waals surface area contributed by atoms with Gasteiger partial charge in [-0.2, -0.15) is 0 Å². The summed E-state index contributed by atoms with van der Waals surface area (Å²) in [5.41, 5.74) is 2.43. The van der Waals surface area contributed by atoms with Gasteiger partial charge in [-0.1, -0.05) is 52.1 Å². The van der Waals surface area contributed by atoms with Crippen molar-refractivity contribution in [2.24, 2.45) is 11.8 Å². The van der Waals surface area contributed by atoms with Crippen molar-refractivity contribution in [2.45, 2.75) is 110 Å². The van der Waals surface area contributed by atoms with Crippen LogP contribution in [0, 0.1) is 11.8 Å². The van der Waals surface area contributed by atoms with E-state index < -0.39 is 9.84 Å². The van der Waals surface area contributed by atoms with Crippen molar-refractivity contribution >= 4 is 9.84 Å². The highest BCUT2D eigenvalue weighted by Crippen LogP contribution is 2.25. The molecule has 0 amide bonds. The summed E-state index contributed by atoms with van der Waals surface area (Å²) in [7, 11) is 0.0934. The van der Waals surface area contributed by atoms with E-state index in [1.807, 2.05) is 47.6 Å². The predicted octanol–water partition coefficient (Wildman–Crippen LogP) is 7.03. The van der Waals surface area contributed by atoms with E-state index in [1.165, 1.54) is 11.1 Å². The molecule has 5 atom stereocenters. The predicted molar refractivity (Wildman–Crippen MR) is 190 cm³/mol. The fraction of sp³-hybridized carbons (Fsp3) is 0.730. The molecule has 1 aromatic rings. The van der Waals surface area contributed by atoms with Gasteiger partial charge in [0, 0.05) is 40.0 Å². The van der Waals surface area contributed by atoms with Crippen molar-refractivity contribution in [3.05, 3.63) is 54.6 Å². The molecule has 4 saturated heterocycles.